The van der Waals surface area contributed by atoms with E-state index in [0.717, 1.165) is 30.3 Å². The highest BCUT2D eigenvalue weighted by Crippen LogP contribution is 2.18. The third-order valence-corrected chi connectivity index (χ3v) is 2.95. The lowest BCUT2D eigenvalue weighted by molar-refractivity contribution is 0.163. The predicted molar refractivity (Wildman–Crippen MR) is 67.0 cm³/mol. The number of hydrogen-bond acceptors (Lipinski definition) is 4. The van der Waals surface area contributed by atoms with E-state index in [-0.39, 0.29) is 0 Å². The van der Waals surface area contributed by atoms with Gasteiger partial charge in [0.25, 0.3) is 0 Å². The average Bonchev–Trinajstić information content (AvgIpc) is 2.94. The molecule has 1 unspecified atom stereocenters. The van der Waals surface area contributed by atoms with E-state index in [1.165, 1.54) is 6.33 Å². The molecule has 2 aromatic heterocycles. The van der Waals surface area contributed by atoms with Gasteiger partial charge in [0.05, 0.1) is 11.4 Å². The van der Waals surface area contributed by atoms with Crippen LogP contribution in [0, 0.1) is 6.92 Å². The Kier molecular flexibility index (Phi) is 3.76. The van der Waals surface area contributed by atoms with Gasteiger partial charge in [-0.2, -0.15) is 10.2 Å². The summed E-state index contributed by atoms with van der Waals surface area (Å²) in [5.41, 5.74) is 1.75. The van der Waals surface area contributed by atoms with Crippen LogP contribution in [0.15, 0.2) is 12.4 Å². The molecule has 0 aliphatic heterocycles. The second-order valence-corrected chi connectivity index (χ2v) is 4.24. The molecule has 2 heterocycles. The fraction of sp³-hybridized carbons (Fsp3) is 0.583. The van der Waals surface area contributed by atoms with Crippen LogP contribution < -0.4 is 0 Å². The second kappa shape index (κ2) is 5.30. The van der Waals surface area contributed by atoms with Crippen molar-refractivity contribution in [2.75, 3.05) is 0 Å². The van der Waals surface area contributed by atoms with Crippen LogP contribution in [0.2, 0.25) is 0 Å². The quantitative estimate of drug-likeness (QED) is 0.861. The van der Waals surface area contributed by atoms with Crippen molar-refractivity contribution in [3.05, 3.63) is 29.6 Å². The molecule has 0 spiro atoms. The third-order valence-electron chi connectivity index (χ3n) is 2.95. The van der Waals surface area contributed by atoms with Crippen LogP contribution in [0.1, 0.15) is 37.2 Å². The highest BCUT2D eigenvalue weighted by atomic mass is 16.3. The molecule has 0 amide bonds. The monoisotopic (exact) mass is 249 g/mol. The van der Waals surface area contributed by atoms with Crippen LogP contribution in [-0.4, -0.2) is 29.7 Å². The summed E-state index contributed by atoms with van der Waals surface area (Å²) >= 11 is 0. The summed E-state index contributed by atoms with van der Waals surface area (Å²) in [6.07, 6.45) is 1.38. The van der Waals surface area contributed by atoms with Gasteiger partial charge >= 0.3 is 0 Å². The summed E-state index contributed by atoms with van der Waals surface area (Å²) in [5, 5.41) is 18.7. The number of aromatic nitrogens is 5. The van der Waals surface area contributed by atoms with Crippen molar-refractivity contribution in [2.45, 2.75) is 46.4 Å². The predicted octanol–water partition coefficient (Wildman–Crippen LogP) is 1.10. The van der Waals surface area contributed by atoms with Gasteiger partial charge < -0.3 is 5.11 Å². The Balaban J connectivity index is 2.18. The molecular weight excluding hydrogens is 230 g/mol. The van der Waals surface area contributed by atoms with Crippen LogP contribution in [0.25, 0.3) is 0 Å². The number of aryl methyl sites for hydroxylation is 3. The lowest BCUT2D eigenvalue weighted by Gasteiger charge is -2.12. The highest BCUT2D eigenvalue weighted by Gasteiger charge is 2.17. The molecule has 0 bridgehead atoms. The molecule has 1 N–H and O–H groups in total. The minimum atomic E-state index is -0.597. The van der Waals surface area contributed by atoms with Gasteiger partial charge in [-0.3, -0.25) is 9.36 Å². The van der Waals surface area contributed by atoms with Crippen LogP contribution in [0.4, 0.5) is 0 Å². The standard InChI is InChI=1S/C12H19N5O/c1-4-16-10(6-9(3)15-16)11(18)7-12-13-8-14-17(12)5-2/h6,8,11,18H,4-5,7H2,1-3H3. The molecule has 1 atom stereocenters. The smallest absolute Gasteiger partial charge is 0.138 e. The van der Waals surface area contributed by atoms with Crippen molar-refractivity contribution >= 4 is 0 Å². The third kappa shape index (κ3) is 2.43. The van der Waals surface area contributed by atoms with E-state index in [4.69, 9.17) is 0 Å². The fourth-order valence-corrected chi connectivity index (χ4v) is 2.07. The zero-order valence-electron chi connectivity index (χ0n) is 11.0. The zero-order chi connectivity index (χ0) is 13.1. The van der Waals surface area contributed by atoms with Gasteiger partial charge in [0, 0.05) is 19.5 Å². The Morgan fingerprint density at radius 3 is 2.67 bits per heavy atom. The molecule has 2 aromatic rings. The molecule has 0 fully saturated rings. The highest BCUT2D eigenvalue weighted by molar-refractivity contribution is 5.13. The summed E-state index contributed by atoms with van der Waals surface area (Å²) in [6.45, 7) is 7.45. The first-order valence-electron chi connectivity index (χ1n) is 6.24. The van der Waals surface area contributed by atoms with Crippen LogP contribution in [0.3, 0.4) is 0 Å². The molecule has 98 valence electrons. The van der Waals surface area contributed by atoms with E-state index in [9.17, 15) is 5.11 Å². The molecular formula is C12H19N5O. The molecule has 0 saturated heterocycles. The van der Waals surface area contributed by atoms with Crippen molar-refractivity contribution in [1.82, 2.24) is 24.5 Å². The molecule has 6 heteroatoms. The summed E-state index contributed by atoms with van der Waals surface area (Å²) in [5.74, 6) is 0.798. The summed E-state index contributed by atoms with van der Waals surface area (Å²) in [4.78, 5) is 4.18. The fourth-order valence-electron chi connectivity index (χ4n) is 2.07. The first-order valence-corrected chi connectivity index (χ1v) is 6.24. The molecule has 0 saturated carbocycles. The second-order valence-electron chi connectivity index (χ2n) is 4.24. The lowest BCUT2D eigenvalue weighted by atomic mass is 10.1. The number of aliphatic hydroxyl groups is 1. The van der Waals surface area contributed by atoms with Gasteiger partial charge in [-0.15, -0.1) is 0 Å². The molecule has 0 aromatic carbocycles. The Bertz CT molecular complexity index is 516. The van der Waals surface area contributed by atoms with E-state index < -0.39 is 6.10 Å². The van der Waals surface area contributed by atoms with Gasteiger partial charge in [0.1, 0.15) is 18.3 Å². The van der Waals surface area contributed by atoms with Crippen molar-refractivity contribution in [1.29, 1.82) is 0 Å². The Morgan fingerprint density at radius 1 is 1.28 bits per heavy atom. The van der Waals surface area contributed by atoms with Gasteiger partial charge in [-0.25, -0.2) is 4.98 Å². The van der Waals surface area contributed by atoms with Crippen molar-refractivity contribution in [3.8, 4) is 0 Å². The van der Waals surface area contributed by atoms with E-state index >= 15 is 0 Å². The molecule has 18 heavy (non-hydrogen) atoms. The Labute approximate surface area is 106 Å². The number of aliphatic hydroxyl groups excluding tert-OH is 1. The largest absolute Gasteiger partial charge is 0.386 e. The van der Waals surface area contributed by atoms with Crippen LogP contribution in [-0.2, 0) is 19.5 Å². The first kappa shape index (κ1) is 12.8. The molecule has 0 radical (unpaired) electrons. The topological polar surface area (TPSA) is 68.8 Å². The summed E-state index contributed by atoms with van der Waals surface area (Å²) in [7, 11) is 0. The molecule has 6 nitrogen and oxygen atoms in total. The Hall–Kier alpha value is -1.69. The van der Waals surface area contributed by atoms with Crippen molar-refractivity contribution in [2.24, 2.45) is 0 Å². The summed E-state index contributed by atoms with van der Waals surface area (Å²) in [6, 6.07) is 1.92. The van der Waals surface area contributed by atoms with E-state index in [1.54, 1.807) is 4.68 Å². The number of rotatable bonds is 5. The van der Waals surface area contributed by atoms with Crippen LogP contribution in [0.5, 0.6) is 0 Å². The maximum atomic E-state index is 10.3. The van der Waals surface area contributed by atoms with Gasteiger partial charge in [-0.05, 0) is 26.8 Å². The minimum absolute atomic E-state index is 0.457. The minimum Gasteiger partial charge on any atom is -0.386 e. The SMILES string of the molecule is CCn1nc(C)cc1C(O)Cc1ncnn1CC. The number of hydrogen-bond donors (Lipinski definition) is 1. The van der Waals surface area contributed by atoms with Crippen molar-refractivity contribution in [3.63, 3.8) is 0 Å². The van der Waals surface area contributed by atoms with Gasteiger partial charge in [0.2, 0.25) is 0 Å². The number of nitrogens with zero attached hydrogens (tertiary/aromatic N) is 5. The zero-order valence-corrected chi connectivity index (χ0v) is 11.0. The molecule has 2 rings (SSSR count). The van der Waals surface area contributed by atoms with Gasteiger partial charge in [-0.1, -0.05) is 0 Å². The maximum Gasteiger partial charge on any atom is 0.138 e. The molecule has 0 aliphatic rings. The van der Waals surface area contributed by atoms with Crippen LogP contribution >= 0.6 is 0 Å². The Morgan fingerprint density at radius 2 is 2.00 bits per heavy atom. The van der Waals surface area contributed by atoms with E-state index in [1.807, 2.05) is 31.5 Å². The van der Waals surface area contributed by atoms with E-state index in [0.29, 0.717) is 6.42 Å². The lowest BCUT2D eigenvalue weighted by Crippen LogP contribution is -2.13. The van der Waals surface area contributed by atoms with Gasteiger partial charge in [0.15, 0.2) is 0 Å². The first-order chi connectivity index (χ1) is 8.65. The van der Waals surface area contributed by atoms with Crippen molar-refractivity contribution < 1.29 is 5.11 Å². The normalized spacial score (nSPS) is 12.9. The average molecular weight is 249 g/mol. The van der Waals surface area contributed by atoms with E-state index in [2.05, 4.69) is 15.2 Å². The maximum absolute atomic E-state index is 10.3. The summed E-state index contributed by atoms with van der Waals surface area (Å²) < 4.78 is 3.62. The molecule has 0 aliphatic carbocycles.